The van der Waals surface area contributed by atoms with Crippen LogP contribution in [0.25, 0.3) is 0 Å². The lowest BCUT2D eigenvalue weighted by Gasteiger charge is -1.98. The summed E-state index contributed by atoms with van der Waals surface area (Å²) in [4.78, 5) is 10.9. The molecule has 0 fully saturated rings. The Labute approximate surface area is 86.2 Å². The van der Waals surface area contributed by atoms with E-state index in [9.17, 15) is 4.79 Å². The predicted octanol–water partition coefficient (Wildman–Crippen LogP) is 3.58. The van der Waals surface area contributed by atoms with Crippen molar-refractivity contribution in [1.29, 1.82) is 0 Å². The van der Waals surface area contributed by atoms with Crippen LogP contribution in [0.4, 0.5) is 0 Å². The summed E-state index contributed by atoms with van der Waals surface area (Å²) in [5.74, 6) is 0.312. The third-order valence-electron chi connectivity index (χ3n) is 2.45. The fraction of sp³-hybridized carbons (Fsp3) is 0.462. The fourth-order valence-corrected chi connectivity index (χ4v) is 1.66. The number of allylic oxidation sites excluding steroid dienone is 5. The maximum Gasteiger partial charge on any atom is 0.155 e. The van der Waals surface area contributed by atoms with Crippen LogP contribution in [0.5, 0.6) is 0 Å². The van der Waals surface area contributed by atoms with Gasteiger partial charge in [0, 0.05) is 6.42 Å². The lowest BCUT2D eigenvalue weighted by Crippen LogP contribution is -1.80. The van der Waals surface area contributed by atoms with E-state index in [0.717, 1.165) is 25.7 Å². The average Bonchev–Trinajstić information content (AvgIpc) is 2.58. The third-order valence-corrected chi connectivity index (χ3v) is 2.45. The second-order valence-electron chi connectivity index (χ2n) is 3.68. The highest BCUT2D eigenvalue weighted by molar-refractivity contribution is 5.92. The molecule has 0 saturated heterocycles. The zero-order chi connectivity index (χ0) is 10.2. The van der Waals surface area contributed by atoms with E-state index in [1.54, 1.807) is 6.08 Å². The first-order valence-electron chi connectivity index (χ1n) is 5.33. The highest BCUT2D eigenvalue weighted by Crippen LogP contribution is 2.20. The monoisotopic (exact) mass is 190 g/mol. The SMILES string of the molecule is C=C/C=C/CCCCC1=CC(=O)CC1. The van der Waals surface area contributed by atoms with Gasteiger partial charge in [0.15, 0.2) is 5.78 Å². The summed E-state index contributed by atoms with van der Waals surface area (Å²) in [6.07, 6.45) is 14.1. The van der Waals surface area contributed by atoms with Crippen molar-refractivity contribution in [3.05, 3.63) is 36.5 Å². The molecule has 0 saturated carbocycles. The van der Waals surface area contributed by atoms with Gasteiger partial charge in [-0.15, -0.1) is 0 Å². The fourth-order valence-electron chi connectivity index (χ4n) is 1.66. The Morgan fingerprint density at radius 1 is 1.36 bits per heavy atom. The van der Waals surface area contributed by atoms with Gasteiger partial charge in [-0.3, -0.25) is 4.79 Å². The van der Waals surface area contributed by atoms with Crippen LogP contribution < -0.4 is 0 Å². The highest BCUT2D eigenvalue weighted by Gasteiger charge is 2.10. The molecule has 0 N–H and O–H groups in total. The van der Waals surface area contributed by atoms with E-state index in [0.29, 0.717) is 5.78 Å². The molecule has 0 aliphatic heterocycles. The normalized spacial score (nSPS) is 16.3. The van der Waals surface area contributed by atoms with Crippen LogP contribution >= 0.6 is 0 Å². The predicted molar refractivity (Wildman–Crippen MR) is 60.1 cm³/mol. The van der Waals surface area contributed by atoms with E-state index in [2.05, 4.69) is 12.7 Å². The summed E-state index contributed by atoms with van der Waals surface area (Å²) in [5, 5.41) is 0. The smallest absolute Gasteiger partial charge is 0.155 e. The van der Waals surface area contributed by atoms with Gasteiger partial charge in [-0.2, -0.15) is 0 Å². The van der Waals surface area contributed by atoms with Crippen LogP contribution in [-0.2, 0) is 4.79 Å². The topological polar surface area (TPSA) is 17.1 Å². The van der Waals surface area contributed by atoms with Gasteiger partial charge in [0.1, 0.15) is 0 Å². The first-order valence-corrected chi connectivity index (χ1v) is 5.33. The van der Waals surface area contributed by atoms with E-state index >= 15 is 0 Å². The van der Waals surface area contributed by atoms with Crippen LogP contribution in [-0.4, -0.2) is 5.78 Å². The van der Waals surface area contributed by atoms with E-state index < -0.39 is 0 Å². The zero-order valence-corrected chi connectivity index (χ0v) is 8.67. The van der Waals surface area contributed by atoms with Crippen LogP contribution in [0.1, 0.15) is 38.5 Å². The van der Waals surface area contributed by atoms with E-state index in [1.807, 2.05) is 12.2 Å². The summed E-state index contributed by atoms with van der Waals surface area (Å²) in [6.45, 7) is 3.62. The van der Waals surface area contributed by atoms with Gasteiger partial charge in [0.25, 0.3) is 0 Å². The summed E-state index contributed by atoms with van der Waals surface area (Å²) in [6, 6.07) is 0. The molecule has 1 aliphatic carbocycles. The molecule has 0 aromatic heterocycles. The summed E-state index contributed by atoms with van der Waals surface area (Å²) in [5.41, 5.74) is 1.35. The lowest BCUT2D eigenvalue weighted by atomic mass is 10.1. The maximum absolute atomic E-state index is 10.9. The van der Waals surface area contributed by atoms with E-state index in [1.165, 1.54) is 18.4 Å². The largest absolute Gasteiger partial charge is 0.295 e. The minimum Gasteiger partial charge on any atom is -0.295 e. The Morgan fingerprint density at radius 3 is 2.86 bits per heavy atom. The third kappa shape index (κ3) is 4.22. The second-order valence-corrected chi connectivity index (χ2v) is 3.68. The first-order chi connectivity index (χ1) is 6.83. The second kappa shape index (κ2) is 6.36. The quantitative estimate of drug-likeness (QED) is 0.462. The van der Waals surface area contributed by atoms with Crippen LogP contribution in [0.15, 0.2) is 36.5 Å². The Morgan fingerprint density at radius 2 is 2.21 bits per heavy atom. The number of carbonyl (C=O) groups is 1. The van der Waals surface area contributed by atoms with Gasteiger partial charge in [-0.05, 0) is 38.2 Å². The summed E-state index contributed by atoms with van der Waals surface area (Å²) in [7, 11) is 0. The van der Waals surface area contributed by atoms with Gasteiger partial charge < -0.3 is 0 Å². The van der Waals surface area contributed by atoms with Crippen molar-refractivity contribution in [2.75, 3.05) is 0 Å². The van der Waals surface area contributed by atoms with Crippen molar-refractivity contribution in [1.82, 2.24) is 0 Å². The molecule has 14 heavy (non-hydrogen) atoms. The van der Waals surface area contributed by atoms with Crippen molar-refractivity contribution in [3.63, 3.8) is 0 Å². The highest BCUT2D eigenvalue weighted by atomic mass is 16.1. The van der Waals surface area contributed by atoms with Crippen molar-refractivity contribution < 1.29 is 4.79 Å². The molecule has 1 nitrogen and oxygen atoms in total. The number of rotatable bonds is 6. The molecule has 1 heteroatoms. The van der Waals surface area contributed by atoms with Gasteiger partial charge in [0.2, 0.25) is 0 Å². The molecule has 0 atom stereocenters. The van der Waals surface area contributed by atoms with Gasteiger partial charge in [-0.25, -0.2) is 0 Å². The summed E-state index contributed by atoms with van der Waals surface area (Å²) >= 11 is 0. The van der Waals surface area contributed by atoms with Crippen molar-refractivity contribution in [2.24, 2.45) is 0 Å². The van der Waals surface area contributed by atoms with Gasteiger partial charge in [0.05, 0.1) is 0 Å². The Bertz CT molecular complexity index is 258. The van der Waals surface area contributed by atoms with Crippen LogP contribution in [0.3, 0.4) is 0 Å². The Hall–Kier alpha value is -1.11. The zero-order valence-electron chi connectivity index (χ0n) is 8.67. The number of carbonyl (C=O) groups excluding carboxylic acids is 1. The van der Waals surface area contributed by atoms with E-state index in [-0.39, 0.29) is 0 Å². The molecule has 1 aliphatic rings. The Balaban J connectivity index is 2.04. The number of unbranched alkanes of at least 4 members (excludes halogenated alkanes) is 2. The molecule has 0 amide bonds. The molecule has 0 bridgehead atoms. The first kappa shape index (κ1) is 11.0. The van der Waals surface area contributed by atoms with Crippen molar-refractivity contribution in [2.45, 2.75) is 38.5 Å². The maximum atomic E-state index is 10.9. The van der Waals surface area contributed by atoms with Crippen molar-refractivity contribution >= 4 is 5.78 Å². The Kier molecular flexibility index (Phi) is 4.98. The average molecular weight is 190 g/mol. The molecular formula is C13H18O. The van der Waals surface area contributed by atoms with Crippen LogP contribution in [0.2, 0.25) is 0 Å². The molecule has 1 rings (SSSR count). The minimum atomic E-state index is 0.312. The van der Waals surface area contributed by atoms with Crippen LogP contribution in [0, 0.1) is 0 Å². The number of hydrogen-bond acceptors (Lipinski definition) is 1. The molecule has 76 valence electrons. The molecule has 0 unspecified atom stereocenters. The van der Waals surface area contributed by atoms with Crippen molar-refractivity contribution in [3.8, 4) is 0 Å². The van der Waals surface area contributed by atoms with Gasteiger partial charge in [-0.1, -0.05) is 30.4 Å². The lowest BCUT2D eigenvalue weighted by molar-refractivity contribution is -0.114. The molecular weight excluding hydrogens is 172 g/mol. The van der Waals surface area contributed by atoms with E-state index in [4.69, 9.17) is 0 Å². The molecule has 0 heterocycles. The molecule has 0 aromatic rings. The molecule has 0 radical (unpaired) electrons. The number of hydrogen-bond donors (Lipinski definition) is 0. The van der Waals surface area contributed by atoms with Gasteiger partial charge >= 0.3 is 0 Å². The minimum absolute atomic E-state index is 0.312. The standard InChI is InChI=1S/C13H18O/c1-2-3-4-5-6-7-8-12-9-10-13(14)11-12/h2-4,11H,1,5-10H2/b4-3+. The number of ketones is 1. The molecule has 0 spiro atoms. The molecule has 0 aromatic carbocycles. The summed E-state index contributed by atoms with van der Waals surface area (Å²) < 4.78 is 0.